The second-order valence-corrected chi connectivity index (χ2v) is 13.8. The van der Waals surface area contributed by atoms with Crippen molar-refractivity contribution in [3.8, 4) is 40.1 Å². The van der Waals surface area contributed by atoms with Gasteiger partial charge in [-0.3, -0.25) is 9.97 Å². The van der Waals surface area contributed by atoms with E-state index in [0.717, 1.165) is 95.8 Å². The zero-order valence-electron chi connectivity index (χ0n) is 28.3. The molecule has 0 saturated carbocycles. The van der Waals surface area contributed by atoms with Crippen molar-refractivity contribution >= 4 is 38.9 Å². The monoisotopic (exact) mass is 680 g/mol. The largest absolute Gasteiger partial charge is 0.457 e. The van der Waals surface area contributed by atoms with Crippen LogP contribution >= 0.6 is 0 Å². The molecule has 0 bridgehead atoms. The Hall–Kier alpha value is -7.18. The fraction of sp³-hybridized carbons (Fsp3) is 0.0213. The second-order valence-electron chi connectivity index (χ2n) is 13.8. The van der Waals surface area contributed by atoms with Crippen molar-refractivity contribution in [2.45, 2.75) is 5.41 Å². The van der Waals surface area contributed by atoms with Crippen molar-refractivity contribution in [3.63, 3.8) is 0 Å². The first-order chi connectivity index (χ1) is 26.3. The molecule has 53 heavy (non-hydrogen) atoms. The molecule has 248 valence electrons. The zero-order chi connectivity index (χ0) is 34.7. The minimum Gasteiger partial charge on any atom is -0.457 e. The molecule has 5 heterocycles. The van der Waals surface area contributed by atoms with Gasteiger partial charge in [0.15, 0.2) is 11.5 Å². The SMILES string of the molecule is c1ccc2c(c1)Oc1ccccc1N2c1ccc2c(c1)c1ccccc1n2-c1ccc2c(c1)Oc1ccccc1C21c2cccnc2-c2ncccc21. The van der Waals surface area contributed by atoms with Crippen LogP contribution in [0.3, 0.4) is 0 Å². The Bertz CT molecular complexity index is 2910. The molecule has 1 spiro atoms. The lowest BCUT2D eigenvalue weighted by atomic mass is 9.66. The fourth-order valence-corrected chi connectivity index (χ4v) is 9.05. The van der Waals surface area contributed by atoms with Gasteiger partial charge >= 0.3 is 0 Å². The van der Waals surface area contributed by atoms with Crippen molar-refractivity contribution in [2.75, 3.05) is 4.90 Å². The number of fused-ring (bicyclic) bond motifs is 14. The summed E-state index contributed by atoms with van der Waals surface area (Å²) in [5.74, 6) is 3.32. The van der Waals surface area contributed by atoms with Crippen LogP contribution in [-0.2, 0) is 5.41 Å². The number of hydrogen-bond donors (Lipinski definition) is 0. The number of ether oxygens (including phenoxy) is 2. The molecular formula is C47H28N4O2. The second kappa shape index (κ2) is 10.4. The molecule has 6 heteroatoms. The van der Waals surface area contributed by atoms with Gasteiger partial charge in [0.25, 0.3) is 0 Å². The number of aromatic nitrogens is 3. The maximum absolute atomic E-state index is 6.85. The van der Waals surface area contributed by atoms with Crippen molar-refractivity contribution in [1.82, 2.24) is 14.5 Å². The van der Waals surface area contributed by atoms with Gasteiger partial charge in [-0.2, -0.15) is 0 Å². The number of pyridine rings is 2. The first-order valence-corrected chi connectivity index (χ1v) is 17.8. The summed E-state index contributed by atoms with van der Waals surface area (Å²) in [6, 6.07) is 55.3. The predicted molar refractivity (Wildman–Crippen MR) is 209 cm³/mol. The van der Waals surface area contributed by atoms with Crippen LogP contribution in [0.2, 0.25) is 0 Å². The van der Waals surface area contributed by atoms with Gasteiger partial charge in [-0.25, -0.2) is 0 Å². The first-order valence-electron chi connectivity index (χ1n) is 17.8. The van der Waals surface area contributed by atoms with E-state index in [0.29, 0.717) is 0 Å². The van der Waals surface area contributed by atoms with Gasteiger partial charge < -0.3 is 18.9 Å². The molecule has 0 amide bonds. The Balaban J connectivity index is 1.08. The Morgan fingerprint density at radius 1 is 0.415 bits per heavy atom. The van der Waals surface area contributed by atoms with Gasteiger partial charge in [-0.15, -0.1) is 0 Å². The summed E-state index contributed by atoms with van der Waals surface area (Å²) in [7, 11) is 0. The van der Waals surface area contributed by atoms with Crippen LogP contribution in [-0.4, -0.2) is 14.5 Å². The third-order valence-electron chi connectivity index (χ3n) is 11.1. The van der Waals surface area contributed by atoms with Gasteiger partial charge in [-0.05, 0) is 83.9 Å². The predicted octanol–water partition coefficient (Wildman–Crippen LogP) is 11.6. The Morgan fingerprint density at radius 2 is 0.981 bits per heavy atom. The van der Waals surface area contributed by atoms with Crippen LogP contribution in [0.15, 0.2) is 170 Å². The first kappa shape index (κ1) is 28.5. The molecule has 0 fully saturated rings. The smallest absolute Gasteiger partial charge is 0.151 e. The molecule has 3 aromatic heterocycles. The maximum atomic E-state index is 6.85. The van der Waals surface area contributed by atoms with E-state index in [-0.39, 0.29) is 0 Å². The topological polar surface area (TPSA) is 52.4 Å². The lowest BCUT2D eigenvalue weighted by Crippen LogP contribution is -2.32. The van der Waals surface area contributed by atoms with Gasteiger partial charge in [0.05, 0.1) is 39.2 Å². The summed E-state index contributed by atoms with van der Waals surface area (Å²) < 4.78 is 15.5. The van der Waals surface area contributed by atoms with Gasteiger partial charge in [0.1, 0.15) is 11.5 Å². The van der Waals surface area contributed by atoms with Crippen molar-refractivity contribution in [2.24, 2.45) is 0 Å². The summed E-state index contributed by atoms with van der Waals surface area (Å²) in [5, 5.41) is 2.34. The molecule has 0 unspecified atom stereocenters. The summed E-state index contributed by atoms with van der Waals surface area (Å²) in [5.41, 5.74) is 12.0. The Kier molecular flexibility index (Phi) is 5.61. The Morgan fingerprint density at radius 3 is 1.74 bits per heavy atom. The third-order valence-corrected chi connectivity index (χ3v) is 11.1. The number of anilines is 3. The quantitative estimate of drug-likeness (QED) is 0.182. The summed E-state index contributed by atoms with van der Waals surface area (Å²) in [4.78, 5) is 12.0. The lowest BCUT2D eigenvalue weighted by Gasteiger charge is -2.39. The average Bonchev–Trinajstić information content (AvgIpc) is 3.70. The number of rotatable bonds is 2. The molecule has 0 atom stereocenters. The zero-order valence-corrected chi connectivity index (χ0v) is 28.3. The summed E-state index contributed by atoms with van der Waals surface area (Å²) in [6.45, 7) is 0. The molecule has 0 saturated heterocycles. The average molecular weight is 681 g/mol. The number of nitrogens with zero attached hydrogens (tertiary/aromatic N) is 4. The molecule has 9 aromatic rings. The molecule has 1 aliphatic carbocycles. The van der Waals surface area contributed by atoms with Crippen LogP contribution in [0, 0.1) is 0 Å². The molecule has 2 aliphatic heterocycles. The van der Waals surface area contributed by atoms with E-state index in [1.54, 1.807) is 0 Å². The van der Waals surface area contributed by atoms with Crippen LogP contribution in [0.25, 0.3) is 38.9 Å². The van der Waals surface area contributed by atoms with Crippen LogP contribution < -0.4 is 14.4 Å². The van der Waals surface area contributed by atoms with E-state index in [1.807, 2.05) is 54.9 Å². The summed E-state index contributed by atoms with van der Waals surface area (Å²) in [6.07, 6.45) is 3.71. The highest BCUT2D eigenvalue weighted by molar-refractivity contribution is 6.11. The van der Waals surface area contributed by atoms with E-state index >= 15 is 0 Å². The molecule has 6 aromatic carbocycles. The number of hydrogen-bond acceptors (Lipinski definition) is 5. The number of benzene rings is 6. The van der Waals surface area contributed by atoms with Crippen molar-refractivity contribution in [1.29, 1.82) is 0 Å². The molecular weight excluding hydrogens is 653 g/mol. The van der Waals surface area contributed by atoms with Crippen LogP contribution in [0.5, 0.6) is 23.0 Å². The minimum atomic E-state index is -0.615. The van der Waals surface area contributed by atoms with E-state index in [1.165, 1.54) is 5.39 Å². The van der Waals surface area contributed by atoms with Gasteiger partial charge in [-0.1, -0.05) is 78.9 Å². The lowest BCUT2D eigenvalue weighted by molar-refractivity contribution is 0.436. The molecule has 0 radical (unpaired) electrons. The highest BCUT2D eigenvalue weighted by atomic mass is 16.5. The van der Waals surface area contributed by atoms with Gasteiger partial charge in [0, 0.05) is 51.7 Å². The van der Waals surface area contributed by atoms with E-state index < -0.39 is 5.41 Å². The highest BCUT2D eigenvalue weighted by Gasteiger charge is 2.52. The van der Waals surface area contributed by atoms with E-state index in [2.05, 4.69) is 125 Å². The third kappa shape index (κ3) is 3.71. The van der Waals surface area contributed by atoms with Crippen molar-refractivity contribution in [3.05, 3.63) is 192 Å². The van der Waals surface area contributed by atoms with Crippen LogP contribution in [0.4, 0.5) is 17.1 Å². The normalized spacial score (nSPS) is 14.1. The number of para-hydroxylation sites is 6. The minimum absolute atomic E-state index is 0.615. The molecule has 3 aliphatic rings. The standard InChI is InChI=1S/C47H28N4O2/c1-3-15-37-31(11-1)32-27-29(51-39-16-4-7-19-42(39)53-43-20-8-5-17-40(43)51)22-24-38(32)50(37)30-21-23-34-44(28-30)52-41-18-6-2-12-33(41)47(34)35-13-9-25-48-45(35)46-36(47)14-10-26-49-46/h1-28H. The highest BCUT2D eigenvalue weighted by Crippen LogP contribution is 2.61. The molecule has 0 N–H and O–H groups in total. The molecule has 12 rings (SSSR count). The van der Waals surface area contributed by atoms with Crippen LogP contribution in [0.1, 0.15) is 22.3 Å². The Labute approximate surface area is 304 Å². The fourth-order valence-electron chi connectivity index (χ4n) is 9.05. The van der Waals surface area contributed by atoms with Crippen molar-refractivity contribution < 1.29 is 9.47 Å². The summed E-state index contributed by atoms with van der Waals surface area (Å²) >= 11 is 0. The van der Waals surface area contributed by atoms with E-state index in [9.17, 15) is 0 Å². The maximum Gasteiger partial charge on any atom is 0.151 e. The van der Waals surface area contributed by atoms with E-state index in [4.69, 9.17) is 19.4 Å². The van der Waals surface area contributed by atoms with Gasteiger partial charge in [0.2, 0.25) is 0 Å². The molecule has 6 nitrogen and oxygen atoms in total.